The van der Waals surface area contributed by atoms with Crippen molar-refractivity contribution in [3.05, 3.63) is 39.1 Å². The molecule has 0 saturated carbocycles. The lowest BCUT2D eigenvalue weighted by molar-refractivity contribution is 0.390. The predicted molar refractivity (Wildman–Crippen MR) is 75.9 cm³/mol. The fraction of sp³-hybridized carbons (Fsp3) is 0.182. The van der Waals surface area contributed by atoms with Crippen LogP contribution in [0.1, 0.15) is 11.5 Å². The Bertz CT molecular complexity index is 708. The molecule has 1 heterocycles. The lowest BCUT2D eigenvalue weighted by atomic mass is 10.3. The van der Waals surface area contributed by atoms with E-state index in [0.717, 1.165) is 0 Å². The number of nitrogens with one attached hydrogen (secondary N) is 1. The van der Waals surface area contributed by atoms with E-state index in [1.165, 1.54) is 6.07 Å². The van der Waals surface area contributed by atoms with E-state index in [0.29, 0.717) is 20.9 Å². The molecule has 0 saturated heterocycles. The molecule has 102 valence electrons. The third-order valence-electron chi connectivity index (χ3n) is 2.41. The summed E-state index contributed by atoms with van der Waals surface area (Å²) in [6.07, 6.45) is 0. The molecule has 0 bridgehead atoms. The molecule has 0 amide bonds. The summed E-state index contributed by atoms with van der Waals surface area (Å²) in [6, 6.07) is 4.83. The molecule has 1 aromatic heterocycles. The number of aromatic nitrogens is 1. The Morgan fingerprint density at radius 2 is 2.05 bits per heavy atom. The minimum absolute atomic E-state index is 0.0411. The Morgan fingerprint density at radius 3 is 2.63 bits per heavy atom. The van der Waals surface area contributed by atoms with Gasteiger partial charge in [-0.2, -0.15) is 0 Å². The number of benzene rings is 1. The van der Waals surface area contributed by atoms with Crippen molar-refractivity contribution in [1.29, 1.82) is 0 Å². The molecule has 2 aromatic rings. The van der Waals surface area contributed by atoms with Crippen LogP contribution in [-0.4, -0.2) is 13.6 Å². The number of hydrogen-bond donors (Lipinski definition) is 1. The van der Waals surface area contributed by atoms with E-state index < -0.39 is 10.0 Å². The zero-order chi connectivity index (χ0) is 14.2. The second-order valence-electron chi connectivity index (χ2n) is 3.88. The zero-order valence-corrected chi connectivity index (χ0v) is 13.2. The molecule has 0 spiro atoms. The van der Waals surface area contributed by atoms with Gasteiger partial charge >= 0.3 is 0 Å². The molecule has 0 fully saturated rings. The quantitative estimate of drug-likeness (QED) is 0.903. The second-order valence-corrected chi connectivity index (χ2v) is 6.79. The Balaban J connectivity index is 2.45. The van der Waals surface area contributed by atoms with Crippen LogP contribution in [0.3, 0.4) is 0 Å². The Morgan fingerprint density at radius 1 is 1.37 bits per heavy atom. The number of halogens is 2. The molecule has 0 aliphatic heterocycles. The molecule has 0 atom stereocenters. The number of rotatable bonds is 3. The Kier molecular flexibility index (Phi) is 3.89. The van der Waals surface area contributed by atoms with Crippen molar-refractivity contribution in [2.75, 3.05) is 4.72 Å². The first kappa shape index (κ1) is 14.4. The molecule has 0 unspecified atom stereocenters. The van der Waals surface area contributed by atoms with Crippen molar-refractivity contribution in [1.82, 2.24) is 5.16 Å². The topological polar surface area (TPSA) is 72.2 Å². The maximum absolute atomic E-state index is 12.3. The van der Waals surface area contributed by atoms with Gasteiger partial charge in [0.15, 0.2) is 10.7 Å². The molecule has 2 rings (SSSR count). The van der Waals surface area contributed by atoms with Crippen LogP contribution < -0.4 is 4.72 Å². The van der Waals surface area contributed by atoms with Gasteiger partial charge in [-0.25, -0.2) is 8.42 Å². The number of hydrogen-bond acceptors (Lipinski definition) is 4. The van der Waals surface area contributed by atoms with E-state index in [1.54, 1.807) is 26.0 Å². The summed E-state index contributed by atoms with van der Waals surface area (Å²) in [5.74, 6) is 0.239. The summed E-state index contributed by atoms with van der Waals surface area (Å²) in [6.45, 7) is 3.11. The highest BCUT2D eigenvalue weighted by Gasteiger charge is 2.24. The van der Waals surface area contributed by atoms with Crippen LogP contribution in [0.25, 0.3) is 0 Å². The first-order chi connectivity index (χ1) is 8.81. The summed E-state index contributed by atoms with van der Waals surface area (Å²) in [5, 5.41) is 4.06. The van der Waals surface area contributed by atoms with Gasteiger partial charge in [0.25, 0.3) is 10.0 Å². The second kappa shape index (κ2) is 5.15. The summed E-state index contributed by atoms with van der Waals surface area (Å²) < 4.78 is 32.5. The first-order valence-corrected chi connectivity index (χ1v) is 7.87. The largest absolute Gasteiger partial charge is 0.360 e. The Labute approximate surface area is 124 Å². The van der Waals surface area contributed by atoms with Crippen LogP contribution in [0, 0.1) is 13.8 Å². The highest BCUT2D eigenvalue weighted by atomic mass is 79.9. The van der Waals surface area contributed by atoms with Crippen LogP contribution in [0.4, 0.5) is 5.69 Å². The molecule has 1 aromatic carbocycles. The molecule has 0 aliphatic carbocycles. The first-order valence-electron chi connectivity index (χ1n) is 5.22. The SMILES string of the molecule is Cc1noc(C)c1S(=O)(=O)Nc1cc(Cl)ccc1Br. The lowest BCUT2D eigenvalue weighted by Gasteiger charge is -2.09. The number of anilines is 1. The molecule has 19 heavy (non-hydrogen) atoms. The average molecular weight is 366 g/mol. The third kappa shape index (κ3) is 2.93. The smallest absolute Gasteiger partial charge is 0.267 e. The van der Waals surface area contributed by atoms with Crippen molar-refractivity contribution >= 4 is 43.2 Å². The van der Waals surface area contributed by atoms with Crippen LogP contribution in [0.15, 0.2) is 32.1 Å². The van der Waals surface area contributed by atoms with Crippen LogP contribution in [-0.2, 0) is 10.0 Å². The van der Waals surface area contributed by atoms with Crippen molar-refractivity contribution < 1.29 is 12.9 Å². The van der Waals surface area contributed by atoms with Gasteiger partial charge in [0.05, 0.1) is 5.69 Å². The number of aryl methyl sites for hydroxylation is 2. The normalized spacial score (nSPS) is 11.6. The maximum atomic E-state index is 12.3. The number of nitrogens with zero attached hydrogens (tertiary/aromatic N) is 1. The minimum atomic E-state index is -3.77. The number of sulfonamides is 1. The molecule has 8 heteroatoms. The summed E-state index contributed by atoms with van der Waals surface area (Å²) in [7, 11) is -3.77. The van der Waals surface area contributed by atoms with Crippen molar-refractivity contribution in [2.24, 2.45) is 0 Å². The highest BCUT2D eigenvalue weighted by molar-refractivity contribution is 9.10. The van der Waals surface area contributed by atoms with Gasteiger partial charge in [-0.3, -0.25) is 4.72 Å². The average Bonchev–Trinajstić information content (AvgIpc) is 2.64. The van der Waals surface area contributed by atoms with E-state index in [1.807, 2.05) is 0 Å². The van der Waals surface area contributed by atoms with Crippen molar-refractivity contribution in [2.45, 2.75) is 18.7 Å². The van der Waals surface area contributed by atoms with Gasteiger partial charge in [-0.05, 0) is 48.0 Å². The summed E-state index contributed by atoms with van der Waals surface area (Å²) in [4.78, 5) is 0.0411. The van der Waals surface area contributed by atoms with Crippen molar-refractivity contribution in [3.8, 4) is 0 Å². The van der Waals surface area contributed by atoms with Crippen LogP contribution >= 0.6 is 27.5 Å². The van der Waals surface area contributed by atoms with E-state index in [4.69, 9.17) is 16.1 Å². The maximum Gasteiger partial charge on any atom is 0.267 e. The van der Waals surface area contributed by atoms with Gasteiger partial charge in [0.2, 0.25) is 0 Å². The van der Waals surface area contributed by atoms with Gasteiger partial charge in [-0.1, -0.05) is 16.8 Å². The van der Waals surface area contributed by atoms with E-state index in [2.05, 4.69) is 25.8 Å². The molecule has 5 nitrogen and oxygen atoms in total. The van der Waals surface area contributed by atoms with Gasteiger partial charge in [0, 0.05) is 9.50 Å². The van der Waals surface area contributed by atoms with Crippen LogP contribution in [0.5, 0.6) is 0 Å². The van der Waals surface area contributed by atoms with Gasteiger partial charge in [0.1, 0.15) is 5.69 Å². The summed E-state index contributed by atoms with van der Waals surface area (Å²) in [5.41, 5.74) is 0.663. The molecule has 0 radical (unpaired) electrons. The highest BCUT2D eigenvalue weighted by Crippen LogP contribution is 2.29. The van der Waals surface area contributed by atoms with E-state index in [9.17, 15) is 8.42 Å². The van der Waals surface area contributed by atoms with Gasteiger partial charge < -0.3 is 4.52 Å². The standard InChI is InChI=1S/C11H10BrClN2O3S/c1-6-11(7(2)18-14-6)19(16,17)15-10-5-8(13)3-4-9(10)12/h3-5,15H,1-2H3. The third-order valence-corrected chi connectivity index (χ3v) is 4.94. The Hall–Kier alpha value is -1.05. The fourth-order valence-corrected chi connectivity index (χ4v) is 3.68. The predicted octanol–water partition coefficient (Wildman–Crippen LogP) is 3.51. The monoisotopic (exact) mass is 364 g/mol. The lowest BCUT2D eigenvalue weighted by Crippen LogP contribution is -2.14. The van der Waals surface area contributed by atoms with Crippen LogP contribution in [0.2, 0.25) is 5.02 Å². The van der Waals surface area contributed by atoms with E-state index in [-0.39, 0.29) is 10.7 Å². The minimum Gasteiger partial charge on any atom is -0.360 e. The molecule has 0 aliphatic rings. The molecular formula is C11H10BrClN2O3S. The molecular weight excluding hydrogens is 356 g/mol. The van der Waals surface area contributed by atoms with Gasteiger partial charge in [-0.15, -0.1) is 0 Å². The van der Waals surface area contributed by atoms with E-state index >= 15 is 0 Å². The molecule has 1 N–H and O–H groups in total. The fourth-order valence-electron chi connectivity index (χ4n) is 1.63. The zero-order valence-electron chi connectivity index (χ0n) is 10.1. The van der Waals surface area contributed by atoms with Crippen molar-refractivity contribution in [3.63, 3.8) is 0 Å². The summed E-state index contributed by atoms with van der Waals surface area (Å²) >= 11 is 9.11.